The van der Waals surface area contributed by atoms with Gasteiger partial charge in [0.2, 0.25) is 5.88 Å². The van der Waals surface area contributed by atoms with E-state index in [0.29, 0.717) is 37.5 Å². The summed E-state index contributed by atoms with van der Waals surface area (Å²) >= 11 is 0. The Morgan fingerprint density at radius 1 is 1.33 bits per heavy atom. The maximum Gasteiger partial charge on any atom is 0.253 e. The van der Waals surface area contributed by atoms with E-state index in [2.05, 4.69) is 26.6 Å². The van der Waals surface area contributed by atoms with Crippen molar-refractivity contribution >= 4 is 23.1 Å². The number of methoxy groups -OCH3 is 1. The molecule has 0 atom stereocenters. The van der Waals surface area contributed by atoms with Crippen LogP contribution >= 0.6 is 0 Å². The van der Waals surface area contributed by atoms with Crippen LogP contribution in [-0.4, -0.2) is 42.5 Å². The zero-order valence-electron chi connectivity index (χ0n) is 18.3. The molecule has 0 unspecified atom stereocenters. The SMILES string of the molecule is COc1ccc(N2CCC(CC#N)(N/C=C(\C(=N)Nc3ccc(F)cc3)C(N)=O)CC2)cn1. The van der Waals surface area contributed by atoms with Gasteiger partial charge in [0.25, 0.3) is 5.91 Å². The Morgan fingerprint density at radius 3 is 2.58 bits per heavy atom. The summed E-state index contributed by atoms with van der Waals surface area (Å²) in [4.78, 5) is 18.4. The number of nitrogens with two attached hydrogens (primary N) is 1. The van der Waals surface area contributed by atoms with Crippen molar-refractivity contribution in [3.05, 3.63) is 60.2 Å². The molecule has 9 nitrogen and oxygen atoms in total. The topological polar surface area (TPSA) is 140 Å². The number of hydrogen-bond donors (Lipinski definition) is 4. The number of pyridine rings is 1. The van der Waals surface area contributed by atoms with Crippen LogP contribution < -0.4 is 26.0 Å². The lowest BCUT2D eigenvalue weighted by atomic mass is 9.84. The second kappa shape index (κ2) is 10.5. The highest BCUT2D eigenvalue weighted by Gasteiger charge is 2.34. The van der Waals surface area contributed by atoms with E-state index in [4.69, 9.17) is 15.9 Å². The number of halogens is 1. The number of rotatable bonds is 8. The molecule has 2 aromatic rings. The lowest BCUT2D eigenvalue weighted by molar-refractivity contribution is -0.114. The van der Waals surface area contributed by atoms with Crippen LogP contribution in [0.1, 0.15) is 19.3 Å². The molecule has 1 saturated heterocycles. The molecule has 0 bridgehead atoms. The Hall–Kier alpha value is -4.13. The van der Waals surface area contributed by atoms with Crippen molar-refractivity contribution in [3.63, 3.8) is 0 Å². The lowest BCUT2D eigenvalue weighted by Crippen LogP contribution is -2.52. The third-order valence-corrected chi connectivity index (χ3v) is 5.60. The number of amides is 1. The second-order valence-corrected chi connectivity index (χ2v) is 7.73. The zero-order valence-corrected chi connectivity index (χ0v) is 18.3. The normalized spacial score (nSPS) is 15.3. The number of hydrogen-bond acceptors (Lipinski definition) is 7. The van der Waals surface area contributed by atoms with Gasteiger partial charge in [0.1, 0.15) is 11.7 Å². The van der Waals surface area contributed by atoms with Gasteiger partial charge in [0, 0.05) is 31.0 Å². The van der Waals surface area contributed by atoms with Gasteiger partial charge in [-0.1, -0.05) is 0 Å². The van der Waals surface area contributed by atoms with Crippen molar-refractivity contribution in [2.75, 3.05) is 30.4 Å². The van der Waals surface area contributed by atoms with Crippen LogP contribution in [0.25, 0.3) is 0 Å². The molecular weight excluding hydrogens is 425 g/mol. The second-order valence-electron chi connectivity index (χ2n) is 7.73. The highest BCUT2D eigenvalue weighted by molar-refractivity contribution is 6.23. The molecule has 0 saturated carbocycles. The Labute approximate surface area is 191 Å². The van der Waals surface area contributed by atoms with E-state index in [1.165, 1.54) is 30.5 Å². The molecule has 172 valence electrons. The number of nitriles is 1. The number of primary amides is 1. The smallest absolute Gasteiger partial charge is 0.253 e. The summed E-state index contributed by atoms with van der Waals surface area (Å²) < 4.78 is 18.2. The number of carbonyl (C=O) groups is 1. The minimum absolute atomic E-state index is 0.0709. The third kappa shape index (κ3) is 5.98. The summed E-state index contributed by atoms with van der Waals surface area (Å²) in [6.07, 6.45) is 4.63. The Balaban J connectivity index is 1.70. The van der Waals surface area contributed by atoms with Crippen LogP contribution in [0.2, 0.25) is 0 Å². The molecule has 1 aromatic carbocycles. The molecule has 5 N–H and O–H groups in total. The number of ether oxygens (including phenoxy) is 1. The van der Waals surface area contributed by atoms with E-state index in [0.717, 1.165) is 5.69 Å². The van der Waals surface area contributed by atoms with Crippen molar-refractivity contribution in [2.24, 2.45) is 5.73 Å². The number of aromatic nitrogens is 1. The van der Waals surface area contributed by atoms with E-state index in [1.54, 1.807) is 19.4 Å². The molecule has 3 rings (SSSR count). The van der Waals surface area contributed by atoms with Crippen molar-refractivity contribution in [2.45, 2.75) is 24.8 Å². The van der Waals surface area contributed by atoms with E-state index in [9.17, 15) is 14.4 Å². The molecule has 33 heavy (non-hydrogen) atoms. The van der Waals surface area contributed by atoms with Crippen molar-refractivity contribution in [3.8, 4) is 11.9 Å². The van der Waals surface area contributed by atoms with Gasteiger partial charge < -0.3 is 26.0 Å². The fraction of sp³-hybridized carbons (Fsp3) is 0.304. The van der Waals surface area contributed by atoms with Gasteiger partial charge in [-0.3, -0.25) is 10.2 Å². The molecule has 1 fully saturated rings. The summed E-state index contributed by atoms with van der Waals surface area (Å²) in [7, 11) is 1.56. The molecular formula is C23H26FN7O2. The first-order chi connectivity index (χ1) is 15.9. The average Bonchev–Trinajstić information content (AvgIpc) is 2.81. The quantitative estimate of drug-likeness (QED) is 0.275. The van der Waals surface area contributed by atoms with Gasteiger partial charge in [-0.05, 0) is 43.2 Å². The largest absolute Gasteiger partial charge is 0.481 e. The molecule has 1 aliphatic heterocycles. The number of amidine groups is 1. The van der Waals surface area contributed by atoms with Crippen LogP contribution in [0.15, 0.2) is 54.4 Å². The molecule has 0 radical (unpaired) electrons. The minimum Gasteiger partial charge on any atom is -0.481 e. The maximum absolute atomic E-state index is 13.1. The number of nitrogens with one attached hydrogen (secondary N) is 3. The van der Waals surface area contributed by atoms with Gasteiger partial charge in [-0.2, -0.15) is 5.26 Å². The predicted molar refractivity (Wildman–Crippen MR) is 123 cm³/mol. The molecule has 1 aliphatic rings. The van der Waals surface area contributed by atoms with Gasteiger partial charge in [-0.15, -0.1) is 0 Å². The Bertz CT molecular complexity index is 1050. The highest BCUT2D eigenvalue weighted by atomic mass is 19.1. The minimum atomic E-state index is -0.795. The van der Waals surface area contributed by atoms with E-state index < -0.39 is 17.3 Å². The Kier molecular flexibility index (Phi) is 7.46. The van der Waals surface area contributed by atoms with Crippen LogP contribution in [-0.2, 0) is 4.79 Å². The zero-order chi connectivity index (χ0) is 23.8. The molecule has 10 heteroatoms. The summed E-state index contributed by atoms with van der Waals surface area (Å²) in [5.41, 5.74) is 6.26. The van der Waals surface area contributed by atoms with Gasteiger partial charge in [0.15, 0.2) is 0 Å². The molecule has 0 aliphatic carbocycles. The predicted octanol–water partition coefficient (Wildman–Crippen LogP) is 2.53. The summed E-state index contributed by atoms with van der Waals surface area (Å²) in [5.74, 6) is -0.891. The van der Waals surface area contributed by atoms with E-state index in [-0.39, 0.29) is 17.8 Å². The lowest BCUT2D eigenvalue weighted by Gasteiger charge is -2.42. The van der Waals surface area contributed by atoms with Crippen LogP contribution in [0, 0.1) is 22.6 Å². The fourth-order valence-electron chi connectivity index (χ4n) is 3.63. The third-order valence-electron chi connectivity index (χ3n) is 5.60. The number of nitrogens with zero attached hydrogens (tertiary/aromatic N) is 3. The van der Waals surface area contributed by atoms with E-state index in [1.807, 2.05) is 6.07 Å². The summed E-state index contributed by atoms with van der Waals surface area (Å²) in [5, 5.41) is 23.6. The van der Waals surface area contributed by atoms with Crippen molar-refractivity contribution in [1.29, 1.82) is 10.7 Å². The monoisotopic (exact) mass is 451 g/mol. The summed E-state index contributed by atoms with van der Waals surface area (Å²) in [6.45, 7) is 1.35. The first-order valence-corrected chi connectivity index (χ1v) is 10.4. The number of benzene rings is 1. The standard InChI is InChI=1S/C23H26FN7O2/c1-33-20-7-6-18(14-28-20)31-12-9-23(8-11-25,10-13-31)29-15-19(22(27)32)21(26)30-17-4-2-16(24)3-5-17/h2-7,14-15,29H,8-10,12-13H2,1H3,(H2,26,30)(H2,27,32)/b19-15+. The molecule has 1 amide bonds. The number of anilines is 2. The van der Waals surface area contributed by atoms with E-state index >= 15 is 0 Å². The van der Waals surface area contributed by atoms with Crippen LogP contribution in [0.4, 0.5) is 15.8 Å². The maximum atomic E-state index is 13.1. The van der Waals surface area contributed by atoms with Crippen molar-refractivity contribution in [1.82, 2.24) is 10.3 Å². The van der Waals surface area contributed by atoms with Gasteiger partial charge in [0.05, 0.1) is 42.6 Å². The molecule has 0 spiro atoms. The fourth-order valence-corrected chi connectivity index (χ4v) is 3.63. The summed E-state index contributed by atoms with van der Waals surface area (Å²) in [6, 6.07) is 11.3. The average molecular weight is 452 g/mol. The van der Waals surface area contributed by atoms with Crippen LogP contribution in [0.3, 0.4) is 0 Å². The highest BCUT2D eigenvalue weighted by Crippen LogP contribution is 2.29. The van der Waals surface area contributed by atoms with Gasteiger partial charge in [-0.25, -0.2) is 9.37 Å². The van der Waals surface area contributed by atoms with Crippen LogP contribution in [0.5, 0.6) is 5.88 Å². The first-order valence-electron chi connectivity index (χ1n) is 10.4. The number of piperidine rings is 1. The molecule has 1 aromatic heterocycles. The Morgan fingerprint density at radius 2 is 2.03 bits per heavy atom. The molecule has 2 heterocycles. The number of carbonyl (C=O) groups excluding carboxylic acids is 1. The first kappa shape index (κ1) is 23.5. The van der Waals surface area contributed by atoms with Gasteiger partial charge >= 0.3 is 0 Å². The van der Waals surface area contributed by atoms with Crippen molar-refractivity contribution < 1.29 is 13.9 Å².